The largest absolute Gasteiger partial charge is 0.396 e. The van der Waals surface area contributed by atoms with Crippen molar-refractivity contribution in [3.8, 4) is 0 Å². The minimum atomic E-state index is -0.442. The molecule has 1 fully saturated rings. The molecule has 0 saturated heterocycles. The molecule has 2 rings (SSSR count). The fourth-order valence-electron chi connectivity index (χ4n) is 3.58. The third kappa shape index (κ3) is 4.98. The normalized spacial score (nSPS) is 27.3. The molecule has 0 amide bonds. The number of nitrogens with zero attached hydrogens (tertiary/aromatic N) is 2. The van der Waals surface area contributed by atoms with E-state index in [4.69, 9.17) is 0 Å². The zero-order chi connectivity index (χ0) is 17.7. The summed E-state index contributed by atoms with van der Waals surface area (Å²) in [5.74, 6) is 1.93. The van der Waals surface area contributed by atoms with Crippen LogP contribution in [0.4, 0.5) is 0 Å². The van der Waals surface area contributed by atoms with E-state index < -0.39 is 6.10 Å². The summed E-state index contributed by atoms with van der Waals surface area (Å²) < 4.78 is 0. The second kappa shape index (κ2) is 8.88. The second-order valence-electron chi connectivity index (χ2n) is 7.82. The molecule has 1 aromatic heterocycles. The van der Waals surface area contributed by atoms with Gasteiger partial charge in [0.15, 0.2) is 0 Å². The number of hydrogen-bond acceptors (Lipinski definition) is 5. The summed E-state index contributed by atoms with van der Waals surface area (Å²) in [6, 6.07) is 2.18. The third-order valence-corrected chi connectivity index (χ3v) is 5.09. The lowest BCUT2D eigenvalue weighted by Crippen LogP contribution is -2.37. The van der Waals surface area contributed by atoms with E-state index in [1.54, 1.807) is 0 Å². The molecule has 1 saturated carbocycles. The van der Waals surface area contributed by atoms with Crippen molar-refractivity contribution >= 4 is 0 Å². The van der Waals surface area contributed by atoms with Crippen LogP contribution in [0, 0.1) is 17.8 Å². The van der Waals surface area contributed by atoms with Crippen LogP contribution in [0.5, 0.6) is 0 Å². The van der Waals surface area contributed by atoms with E-state index in [0.29, 0.717) is 18.3 Å². The summed E-state index contributed by atoms with van der Waals surface area (Å²) in [5.41, 5.74) is 1.00. The topological polar surface area (TPSA) is 78.3 Å². The molecule has 4 atom stereocenters. The Balaban J connectivity index is 2.08. The molecule has 0 bridgehead atoms. The van der Waals surface area contributed by atoms with Crippen LogP contribution in [0.1, 0.15) is 58.0 Å². The van der Waals surface area contributed by atoms with Gasteiger partial charge in [-0.15, -0.1) is 0 Å². The van der Waals surface area contributed by atoms with Crippen LogP contribution in [-0.4, -0.2) is 45.5 Å². The lowest BCUT2D eigenvalue weighted by molar-refractivity contribution is 0.0716. The Morgan fingerprint density at radius 2 is 2.00 bits per heavy atom. The summed E-state index contributed by atoms with van der Waals surface area (Å²) in [6.07, 6.45) is 3.97. The van der Waals surface area contributed by atoms with Crippen LogP contribution < -0.4 is 5.32 Å². The van der Waals surface area contributed by atoms with E-state index in [2.05, 4.69) is 43.0 Å². The Kier molecular flexibility index (Phi) is 7.14. The molecule has 0 radical (unpaired) electrons. The Morgan fingerprint density at radius 1 is 1.25 bits per heavy atom. The molecule has 0 aliphatic heterocycles. The minimum Gasteiger partial charge on any atom is -0.396 e. The predicted molar refractivity (Wildman–Crippen MR) is 95.8 cm³/mol. The van der Waals surface area contributed by atoms with Gasteiger partial charge in [0.2, 0.25) is 0 Å². The van der Waals surface area contributed by atoms with Gasteiger partial charge in [-0.1, -0.05) is 27.7 Å². The number of nitrogens with one attached hydrogen (secondary N) is 1. The van der Waals surface area contributed by atoms with E-state index >= 15 is 0 Å². The van der Waals surface area contributed by atoms with Crippen LogP contribution in [-0.2, 0) is 6.42 Å². The molecular weight excluding hydrogens is 302 g/mol. The van der Waals surface area contributed by atoms with Crippen molar-refractivity contribution in [2.75, 3.05) is 13.2 Å². The Morgan fingerprint density at radius 3 is 2.62 bits per heavy atom. The highest BCUT2D eigenvalue weighted by Gasteiger charge is 2.41. The van der Waals surface area contributed by atoms with Crippen molar-refractivity contribution in [2.24, 2.45) is 17.8 Å². The molecule has 0 unspecified atom stereocenters. The fraction of sp³-hybridized carbons (Fsp3) is 0.789. The van der Waals surface area contributed by atoms with Gasteiger partial charge in [-0.25, -0.2) is 9.97 Å². The molecule has 24 heavy (non-hydrogen) atoms. The maximum Gasteiger partial charge on any atom is 0.131 e. The first kappa shape index (κ1) is 19.3. The van der Waals surface area contributed by atoms with Crippen LogP contribution in [0.15, 0.2) is 12.3 Å². The highest BCUT2D eigenvalue weighted by atomic mass is 16.3. The molecule has 0 spiro atoms. The maximum absolute atomic E-state index is 10.3. The van der Waals surface area contributed by atoms with Gasteiger partial charge < -0.3 is 15.5 Å². The van der Waals surface area contributed by atoms with Crippen molar-refractivity contribution in [1.82, 2.24) is 15.3 Å². The van der Waals surface area contributed by atoms with Gasteiger partial charge in [0.25, 0.3) is 0 Å². The van der Waals surface area contributed by atoms with Crippen molar-refractivity contribution in [3.63, 3.8) is 0 Å². The van der Waals surface area contributed by atoms with Crippen molar-refractivity contribution < 1.29 is 10.2 Å². The molecule has 1 aliphatic rings. The first-order valence-electron chi connectivity index (χ1n) is 9.26. The molecule has 1 aromatic rings. The summed E-state index contributed by atoms with van der Waals surface area (Å²) in [6.45, 7) is 9.58. The Bertz CT molecular complexity index is 507. The molecule has 5 heteroatoms. The molecule has 136 valence electrons. The molecule has 3 N–H and O–H groups in total. The lowest BCUT2D eigenvalue weighted by Gasteiger charge is -2.25. The van der Waals surface area contributed by atoms with Gasteiger partial charge in [0.1, 0.15) is 5.82 Å². The summed E-state index contributed by atoms with van der Waals surface area (Å²) in [7, 11) is 0. The number of aliphatic hydroxyl groups is 2. The van der Waals surface area contributed by atoms with Gasteiger partial charge in [-0.3, -0.25) is 0 Å². The number of rotatable bonds is 8. The van der Waals surface area contributed by atoms with Gasteiger partial charge >= 0.3 is 0 Å². The van der Waals surface area contributed by atoms with E-state index in [1.807, 2.05) is 12.3 Å². The zero-order valence-corrected chi connectivity index (χ0v) is 15.4. The third-order valence-electron chi connectivity index (χ3n) is 5.09. The average Bonchev–Trinajstić information content (AvgIpc) is 2.82. The molecule has 5 nitrogen and oxygen atoms in total. The lowest BCUT2D eigenvalue weighted by atomic mass is 9.88. The summed E-state index contributed by atoms with van der Waals surface area (Å²) >= 11 is 0. The number of aromatic nitrogens is 2. The van der Waals surface area contributed by atoms with E-state index in [9.17, 15) is 10.2 Å². The smallest absolute Gasteiger partial charge is 0.131 e. The summed E-state index contributed by atoms with van der Waals surface area (Å²) in [5, 5.41) is 23.7. The summed E-state index contributed by atoms with van der Waals surface area (Å²) in [4.78, 5) is 9.00. The molecule has 0 aromatic carbocycles. The van der Waals surface area contributed by atoms with Crippen molar-refractivity contribution in [3.05, 3.63) is 23.8 Å². The number of hydrogen-bond donors (Lipinski definition) is 3. The second-order valence-corrected chi connectivity index (χ2v) is 7.82. The quantitative estimate of drug-likeness (QED) is 0.678. The van der Waals surface area contributed by atoms with E-state index in [1.165, 1.54) is 0 Å². The van der Waals surface area contributed by atoms with Gasteiger partial charge in [-0.05, 0) is 43.7 Å². The standard InChI is InChI=1S/C19H33N3O2/c1-12(2)5-7-20-17-10-18(24)16(11-23)15(17)9-14-6-8-21-19(22-14)13(3)4/h6,8,12-13,15-18,20,23-24H,5,7,9-11H2,1-4H3/t15-,16-,17-,18-/m1/s1. The average molecular weight is 335 g/mol. The Labute approximate surface area is 145 Å². The minimum absolute atomic E-state index is 0.0241. The van der Waals surface area contributed by atoms with Crippen molar-refractivity contribution in [1.29, 1.82) is 0 Å². The van der Waals surface area contributed by atoms with Crippen LogP contribution in [0.2, 0.25) is 0 Å². The van der Waals surface area contributed by atoms with Gasteiger partial charge in [-0.2, -0.15) is 0 Å². The van der Waals surface area contributed by atoms with Crippen molar-refractivity contribution in [2.45, 2.75) is 65.0 Å². The molecule has 1 heterocycles. The SMILES string of the molecule is CC(C)CCN[C@@H]1C[C@@H](O)[C@H](CO)[C@H]1Cc1ccnc(C(C)C)n1. The highest BCUT2D eigenvalue weighted by Crippen LogP contribution is 2.34. The van der Waals surface area contributed by atoms with Crippen LogP contribution >= 0.6 is 0 Å². The fourth-order valence-corrected chi connectivity index (χ4v) is 3.58. The van der Waals surface area contributed by atoms with E-state index in [0.717, 1.165) is 30.9 Å². The maximum atomic E-state index is 10.3. The molecule has 1 aliphatic carbocycles. The first-order chi connectivity index (χ1) is 11.4. The molecular formula is C19H33N3O2. The predicted octanol–water partition coefficient (Wildman–Crippen LogP) is 2.14. The zero-order valence-electron chi connectivity index (χ0n) is 15.4. The Hall–Kier alpha value is -1.04. The van der Waals surface area contributed by atoms with Crippen LogP contribution in [0.3, 0.4) is 0 Å². The van der Waals surface area contributed by atoms with Gasteiger partial charge in [0, 0.05) is 36.4 Å². The van der Waals surface area contributed by atoms with Gasteiger partial charge in [0.05, 0.1) is 6.10 Å². The monoisotopic (exact) mass is 335 g/mol. The number of aliphatic hydroxyl groups excluding tert-OH is 2. The van der Waals surface area contributed by atoms with E-state index in [-0.39, 0.29) is 24.5 Å². The highest BCUT2D eigenvalue weighted by molar-refractivity contribution is 5.09. The van der Waals surface area contributed by atoms with Crippen LogP contribution in [0.25, 0.3) is 0 Å². The first-order valence-corrected chi connectivity index (χ1v) is 9.26.